The normalized spacial score (nSPS) is 36.9. The molecule has 2 aliphatic carbocycles. The predicted molar refractivity (Wildman–Crippen MR) is 79.8 cm³/mol. The number of likely N-dealkylation sites (tertiary alicyclic amines) is 1. The van der Waals surface area contributed by atoms with Crippen molar-refractivity contribution in [1.29, 1.82) is 0 Å². The maximum Gasteiger partial charge on any atom is 0.307 e. The lowest BCUT2D eigenvalue weighted by Gasteiger charge is -2.46. The molecular weight excluding hydrogens is 266 g/mol. The topological polar surface area (TPSA) is 57.6 Å². The van der Waals surface area contributed by atoms with Crippen LogP contribution in [0.4, 0.5) is 0 Å². The van der Waals surface area contributed by atoms with Crippen LogP contribution in [0.3, 0.4) is 0 Å². The summed E-state index contributed by atoms with van der Waals surface area (Å²) in [6, 6.07) is 0.399. The number of piperidine rings is 1. The van der Waals surface area contributed by atoms with E-state index in [4.69, 9.17) is 0 Å². The smallest absolute Gasteiger partial charge is 0.307 e. The molecule has 1 heterocycles. The van der Waals surface area contributed by atoms with Gasteiger partial charge in [0.1, 0.15) is 0 Å². The van der Waals surface area contributed by atoms with E-state index in [1.54, 1.807) is 0 Å². The third-order valence-electron chi connectivity index (χ3n) is 5.93. The molecule has 2 saturated carbocycles. The maximum absolute atomic E-state index is 13.0. The Labute approximate surface area is 126 Å². The monoisotopic (exact) mass is 293 g/mol. The number of rotatable bonds is 2. The second-order valence-corrected chi connectivity index (χ2v) is 7.12. The zero-order valence-electron chi connectivity index (χ0n) is 12.8. The highest BCUT2D eigenvalue weighted by Crippen LogP contribution is 2.38. The molecule has 0 aromatic heterocycles. The molecule has 0 spiro atoms. The number of carboxylic acids is 1. The van der Waals surface area contributed by atoms with Gasteiger partial charge < -0.3 is 10.0 Å². The lowest BCUT2D eigenvalue weighted by molar-refractivity contribution is -0.155. The predicted octanol–water partition coefficient (Wildman–Crippen LogP) is 3.06. The fraction of sp³-hybridized carbons (Fsp3) is 0.882. The van der Waals surface area contributed by atoms with E-state index in [1.165, 1.54) is 25.7 Å². The number of aliphatic carboxylic acids is 1. The third kappa shape index (κ3) is 2.95. The number of carboxylic acid groups (broad SMARTS) is 1. The van der Waals surface area contributed by atoms with Crippen molar-refractivity contribution in [3.63, 3.8) is 0 Å². The summed E-state index contributed by atoms with van der Waals surface area (Å²) in [6.07, 6.45) is 10.6. The van der Waals surface area contributed by atoms with Crippen LogP contribution < -0.4 is 0 Å². The summed E-state index contributed by atoms with van der Waals surface area (Å²) in [5.41, 5.74) is 0. The van der Waals surface area contributed by atoms with E-state index < -0.39 is 11.9 Å². The van der Waals surface area contributed by atoms with Crippen molar-refractivity contribution in [3.05, 3.63) is 0 Å². The van der Waals surface area contributed by atoms with Crippen LogP contribution in [0.5, 0.6) is 0 Å². The highest BCUT2D eigenvalue weighted by Gasteiger charge is 2.42. The molecular formula is C17H27NO3. The van der Waals surface area contributed by atoms with Gasteiger partial charge in [-0.05, 0) is 44.4 Å². The Bertz CT molecular complexity index is 407. The second-order valence-electron chi connectivity index (χ2n) is 7.12. The minimum Gasteiger partial charge on any atom is -0.481 e. The van der Waals surface area contributed by atoms with E-state index in [-0.39, 0.29) is 11.8 Å². The van der Waals surface area contributed by atoms with Gasteiger partial charge in [0, 0.05) is 12.6 Å². The Morgan fingerprint density at radius 2 is 1.43 bits per heavy atom. The summed E-state index contributed by atoms with van der Waals surface area (Å²) >= 11 is 0. The Hall–Kier alpha value is -1.06. The van der Waals surface area contributed by atoms with Crippen molar-refractivity contribution >= 4 is 11.9 Å². The van der Waals surface area contributed by atoms with Crippen LogP contribution >= 0.6 is 0 Å². The number of hydrogen-bond donors (Lipinski definition) is 1. The van der Waals surface area contributed by atoms with E-state index in [9.17, 15) is 14.7 Å². The van der Waals surface area contributed by atoms with Crippen molar-refractivity contribution in [2.75, 3.05) is 6.54 Å². The first-order valence-corrected chi connectivity index (χ1v) is 8.72. The highest BCUT2D eigenvalue weighted by molar-refractivity contribution is 5.85. The summed E-state index contributed by atoms with van der Waals surface area (Å²) in [4.78, 5) is 26.5. The van der Waals surface area contributed by atoms with Gasteiger partial charge in [-0.25, -0.2) is 0 Å². The molecule has 21 heavy (non-hydrogen) atoms. The van der Waals surface area contributed by atoms with Crippen LogP contribution in [0.25, 0.3) is 0 Å². The molecule has 1 saturated heterocycles. The molecule has 0 bridgehead atoms. The fourth-order valence-electron chi connectivity index (χ4n) is 4.83. The summed E-state index contributed by atoms with van der Waals surface area (Å²) < 4.78 is 0. The van der Waals surface area contributed by atoms with E-state index in [2.05, 4.69) is 4.90 Å². The van der Waals surface area contributed by atoms with Crippen molar-refractivity contribution in [1.82, 2.24) is 4.90 Å². The average molecular weight is 293 g/mol. The molecule has 1 N–H and O–H groups in total. The van der Waals surface area contributed by atoms with Crippen molar-refractivity contribution in [2.24, 2.45) is 17.8 Å². The average Bonchev–Trinajstić information content (AvgIpc) is 2.53. The highest BCUT2D eigenvalue weighted by atomic mass is 16.4. The molecule has 1 aliphatic heterocycles. The SMILES string of the molecule is O=C(O)[C@H]1CCCC[C@H]1C(=O)N1CCCC2CCCCC21. The van der Waals surface area contributed by atoms with Gasteiger partial charge >= 0.3 is 5.97 Å². The van der Waals surface area contributed by atoms with E-state index in [0.29, 0.717) is 18.4 Å². The number of fused-ring (bicyclic) bond motifs is 1. The minimum atomic E-state index is -0.773. The summed E-state index contributed by atoms with van der Waals surface area (Å²) in [5.74, 6) is -0.667. The lowest BCUT2D eigenvalue weighted by atomic mass is 9.75. The van der Waals surface area contributed by atoms with Crippen molar-refractivity contribution < 1.29 is 14.7 Å². The van der Waals surface area contributed by atoms with E-state index >= 15 is 0 Å². The first kappa shape index (κ1) is 14.9. The Morgan fingerprint density at radius 1 is 0.810 bits per heavy atom. The number of nitrogens with zero attached hydrogens (tertiary/aromatic N) is 1. The lowest BCUT2D eigenvalue weighted by Crippen LogP contribution is -2.53. The largest absolute Gasteiger partial charge is 0.481 e. The number of hydrogen-bond acceptors (Lipinski definition) is 2. The molecule has 1 amide bonds. The Morgan fingerprint density at radius 3 is 2.19 bits per heavy atom. The van der Waals surface area contributed by atoms with Crippen LogP contribution in [0, 0.1) is 17.8 Å². The van der Waals surface area contributed by atoms with Crippen LogP contribution in [0.15, 0.2) is 0 Å². The molecule has 4 heteroatoms. The van der Waals surface area contributed by atoms with Gasteiger partial charge in [-0.15, -0.1) is 0 Å². The van der Waals surface area contributed by atoms with Gasteiger partial charge in [0.15, 0.2) is 0 Å². The molecule has 0 radical (unpaired) electrons. The molecule has 3 rings (SSSR count). The molecule has 3 aliphatic rings. The number of amides is 1. The summed E-state index contributed by atoms with van der Waals surface area (Å²) in [5, 5.41) is 9.42. The second kappa shape index (κ2) is 6.37. The molecule has 4 nitrogen and oxygen atoms in total. The van der Waals surface area contributed by atoms with Crippen molar-refractivity contribution in [2.45, 2.75) is 70.3 Å². The maximum atomic E-state index is 13.0. The van der Waals surface area contributed by atoms with E-state index in [0.717, 1.165) is 38.6 Å². The molecule has 2 unspecified atom stereocenters. The van der Waals surface area contributed by atoms with Crippen LogP contribution in [-0.4, -0.2) is 34.5 Å². The number of carbonyl (C=O) groups is 2. The third-order valence-corrected chi connectivity index (χ3v) is 5.93. The van der Waals surface area contributed by atoms with Gasteiger partial charge in [0.05, 0.1) is 11.8 Å². The number of carbonyl (C=O) groups excluding carboxylic acids is 1. The Kier molecular flexibility index (Phi) is 4.51. The molecule has 0 aromatic rings. The zero-order chi connectivity index (χ0) is 14.8. The first-order valence-electron chi connectivity index (χ1n) is 8.72. The molecule has 118 valence electrons. The van der Waals surface area contributed by atoms with Gasteiger partial charge in [-0.3, -0.25) is 9.59 Å². The minimum absolute atomic E-state index is 0.152. The van der Waals surface area contributed by atoms with E-state index in [1.807, 2.05) is 0 Å². The van der Waals surface area contributed by atoms with Gasteiger partial charge in [-0.2, -0.15) is 0 Å². The van der Waals surface area contributed by atoms with Gasteiger partial charge in [0.25, 0.3) is 0 Å². The van der Waals surface area contributed by atoms with Crippen LogP contribution in [0.1, 0.15) is 64.2 Å². The first-order chi connectivity index (χ1) is 10.2. The molecule has 4 atom stereocenters. The summed E-state index contributed by atoms with van der Waals surface area (Å²) in [6.45, 7) is 0.850. The molecule has 3 fully saturated rings. The van der Waals surface area contributed by atoms with Crippen molar-refractivity contribution in [3.8, 4) is 0 Å². The quantitative estimate of drug-likeness (QED) is 0.851. The zero-order valence-corrected chi connectivity index (χ0v) is 12.8. The standard InChI is InChI=1S/C17H27NO3/c19-16(13-8-2-3-9-14(13)17(20)21)18-11-5-7-12-6-1-4-10-15(12)18/h12-15H,1-11H2,(H,20,21)/t12?,13-,14+,15?/m1/s1. The Balaban J connectivity index is 1.74. The van der Waals surface area contributed by atoms with Gasteiger partial charge in [0.2, 0.25) is 5.91 Å². The van der Waals surface area contributed by atoms with Gasteiger partial charge in [-0.1, -0.05) is 25.7 Å². The fourth-order valence-corrected chi connectivity index (χ4v) is 4.83. The van der Waals surface area contributed by atoms with Crippen LogP contribution in [0.2, 0.25) is 0 Å². The molecule has 0 aromatic carbocycles. The summed E-state index contributed by atoms with van der Waals surface area (Å²) in [7, 11) is 0. The van der Waals surface area contributed by atoms with Crippen LogP contribution in [-0.2, 0) is 9.59 Å².